The number of rotatable bonds is 0. The molecule has 0 bridgehead atoms. The van der Waals surface area contributed by atoms with E-state index in [-0.39, 0.29) is 0 Å². The first kappa shape index (κ1) is 35.6. The van der Waals surface area contributed by atoms with Crippen molar-refractivity contribution in [2.75, 3.05) is 66.8 Å². The molecule has 0 saturated heterocycles. The van der Waals surface area contributed by atoms with E-state index in [1.807, 2.05) is 0 Å². The Morgan fingerprint density at radius 3 is 0.929 bits per heavy atom. The summed E-state index contributed by atoms with van der Waals surface area (Å²) in [6.07, 6.45) is 0. The first-order chi connectivity index (χ1) is 27.5. The van der Waals surface area contributed by atoms with Crippen LogP contribution in [0.5, 0.6) is 23.0 Å². The summed E-state index contributed by atoms with van der Waals surface area (Å²) >= 11 is 0. The van der Waals surface area contributed by atoms with Gasteiger partial charge in [0, 0.05) is 22.3 Å². The number of benzene rings is 8. The summed E-state index contributed by atoms with van der Waals surface area (Å²) in [4.78, 5) is 0. The first-order valence-corrected chi connectivity index (χ1v) is 19.5. The summed E-state index contributed by atoms with van der Waals surface area (Å²) in [5, 5.41) is 9.05. The predicted octanol–water partition coefficient (Wildman–Crippen LogP) is 11.0. The molecule has 8 aromatic carbocycles. The zero-order chi connectivity index (χ0) is 37.9. The minimum absolute atomic E-state index is 0.385. The molecule has 0 N–H and O–H groups in total. The second-order valence-corrected chi connectivity index (χ2v) is 15.0. The van der Waals surface area contributed by atoms with Crippen LogP contribution in [0.15, 0.2) is 146 Å². The van der Waals surface area contributed by atoms with Gasteiger partial charge in [-0.25, -0.2) is 0 Å². The fourth-order valence-electron chi connectivity index (χ4n) is 7.96. The molecular weight excluding hydrogens is 695 g/mol. The van der Waals surface area contributed by atoms with Crippen LogP contribution in [0.1, 0.15) is 0 Å². The lowest BCUT2D eigenvalue weighted by molar-refractivity contribution is -0.890. The lowest BCUT2D eigenvalue weighted by Gasteiger charge is -2.30. The standard InChI is InChI=1S/C50H46NO5/c1-51(2)27-29-53-43-23-19-35-11-3-7-15-39(35)47(43)49-41-17-9-5-13-37(41)21-25-45(49)55-33-31-52-32-34-56-46-26-22-38-14-6-10-18-42(38)50(46)48-40-16-8-4-12-36(40)20-24-44(48)54-30-28-51/h3-26H,27-34H2,1-2H3/q+1. The van der Waals surface area contributed by atoms with Crippen molar-refractivity contribution in [2.45, 2.75) is 0 Å². The number of fused-ring (bicyclic) bond motifs is 14. The number of nitrogens with zero attached hydrogens (tertiary/aromatic N) is 1. The summed E-state index contributed by atoms with van der Waals surface area (Å²) in [6.45, 7) is 4.23. The van der Waals surface area contributed by atoms with Crippen LogP contribution >= 0.6 is 0 Å². The smallest absolute Gasteiger partial charge is 0.137 e. The van der Waals surface area contributed by atoms with E-state index >= 15 is 0 Å². The molecule has 0 spiro atoms. The van der Waals surface area contributed by atoms with Crippen molar-refractivity contribution >= 4 is 43.1 Å². The highest BCUT2D eigenvalue weighted by Crippen LogP contribution is 2.47. The molecule has 0 fully saturated rings. The third kappa shape index (κ3) is 7.10. The SMILES string of the molecule is C[N+]1(C)CCOc2ccc3ccccc3c2-c2c(ccc3ccccc23)OCCOCCOc2ccc3ccccc3c2-c2c(ccc3ccccc23)OCC1. The maximum absolute atomic E-state index is 6.78. The maximum Gasteiger partial charge on any atom is 0.137 e. The highest BCUT2D eigenvalue weighted by Gasteiger charge is 2.23. The fraction of sp³-hybridized carbons (Fsp3) is 0.200. The Bertz CT molecular complexity index is 2500. The van der Waals surface area contributed by atoms with Crippen molar-refractivity contribution in [2.24, 2.45) is 0 Å². The normalized spacial score (nSPS) is 15.4. The Hall–Kier alpha value is -6.08. The van der Waals surface area contributed by atoms with E-state index in [1.54, 1.807) is 0 Å². The molecule has 0 saturated carbocycles. The Balaban J connectivity index is 1.10. The molecule has 0 unspecified atom stereocenters. The van der Waals surface area contributed by atoms with Gasteiger partial charge in [-0.3, -0.25) is 0 Å². The summed E-state index contributed by atoms with van der Waals surface area (Å²) < 4.78 is 33.6. The highest BCUT2D eigenvalue weighted by atomic mass is 16.5. The van der Waals surface area contributed by atoms with Crippen LogP contribution in [0.25, 0.3) is 65.3 Å². The van der Waals surface area contributed by atoms with Crippen LogP contribution in [-0.2, 0) is 4.74 Å². The number of likely N-dealkylation sites (N-methyl/N-ethyl adjacent to an activating group) is 1. The molecule has 1 aliphatic rings. The number of ether oxygens (including phenoxy) is 5. The van der Waals surface area contributed by atoms with E-state index in [0.29, 0.717) is 39.6 Å². The van der Waals surface area contributed by atoms with Gasteiger partial charge >= 0.3 is 0 Å². The molecular formula is C50H46NO5+. The maximum atomic E-state index is 6.78. The van der Waals surface area contributed by atoms with Gasteiger partial charge in [0.15, 0.2) is 0 Å². The molecule has 0 aromatic heterocycles. The van der Waals surface area contributed by atoms with Gasteiger partial charge in [0.05, 0.1) is 27.3 Å². The molecule has 9 rings (SSSR count). The van der Waals surface area contributed by atoms with Crippen LogP contribution < -0.4 is 18.9 Å². The van der Waals surface area contributed by atoms with Crippen LogP contribution in [0.2, 0.25) is 0 Å². The van der Waals surface area contributed by atoms with Crippen molar-refractivity contribution < 1.29 is 28.2 Å². The minimum Gasteiger partial charge on any atom is -0.491 e. The van der Waals surface area contributed by atoms with Crippen LogP contribution in [0, 0.1) is 0 Å². The summed E-state index contributed by atoms with van der Waals surface area (Å²) in [7, 11) is 4.48. The van der Waals surface area contributed by atoms with Crippen molar-refractivity contribution in [3.05, 3.63) is 146 Å². The zero-order valence-corrected chi connectivity index (χ0v) is 32.0. The average Bonchev–Trinajstić information content (AvgIpc) is 3.22. The van der Waals surface area contributed by atoms with Gasteiger partial charge in [0.25, 0.3) is 0 Å². The minimum atomic E-state index is 0.385. The van der Waals surface area contributed by atoms with Crippen molar-refractivity contribution in [3.63, 3.8) is 0 Å². The fourth-order valence-corrected chi connectivity index (χ4v) is 7.96. The van der Waals surface area contributed by atoms with E-state index < -0.39 is 0 Å². The van der Waals surface area contributed by atoms with E-state index in [2.05, 4.69) is 160 Å². The lowest BCUT2D eigenvalue weighted by Crippen LogP contribution is -2.45. The van der Waals surface area contributed by atoms with Gasteiger partial charge in [0.1, 0.15) is 62.5 Å². The number of hydrogen-bond acceptors (Lipinski definition) is 5. The predicted molar refractivity (Wildman–Crippen MR) is 228 cm³/mol. The van der Waals surface area contributed by atoms with E-state index in [0.717, 1.165) is 106 Å². The lowest BCUT2D eigenvalue weighted by atomic mass is 9.92. The van der Waals surface area contributed by atoms with Crippen LogP contribution in [0.3, 0.4) is 0 Å². The monoisotopic (exact) mass is 740 g/mol. The third-order valence-corrected chi connectivity index (χ3v) is 10.9. The topological polar surface area (TPSA) is 46.2 Å². The van der Waals surface area contributed by atoms with Gasteiger partial charge in [-0.2, -0.15) is 0 Å². The van der Waals surface area contributed by atoms with Gasteiger partial charge < -0.3 is 28.2 Å². The Labute approximate surface area is 328 Å². The Kier molecular flexibility index (Phi) is 9.91. The second kappa shape index (κ2) is 15.6. The van der Waals surface area contributed by atoms with Crippen molar-refractivity contribution in [1.82, 2.24) is 0 Å². The van der Waals surface area contributed by atoms with E-state index in [9.17, 15) is 0 Å². The average molecular weight is 741 g/mol. The van der Waals surface area contributed by atoms with Gasteiger partial charge in [-0.15, -0.1) is 0 Å². The Morgan fingerprint density at radius 1 is 0.321 bits per heavy atom. The molecule has 0 radical (unpaired) electrons. The molecule has 0 aliphatic carbocycles. The Morgan fingerprint density at radius 2 is 0.607 bits per heavy atom. The van der Waals surface area contributed by atoms with Crippen molar-refractivity contribution in [3.8, 4) is 45.3 Å². The molecule has 6 heteroatoms. The van der Waals surface area contributed by atoms with Crippen molar-refractivity contribution in [1.29, 1.82) is 0 Å². The van der Waals surface area contributed by atoms with Crippen LogP contribution in [-0.4, -0.2) is 71.3 Å². The van der Waals surface area contributed by atoms with Gasteiger partial charge in [-0.05, 0) is 67.4 Å². The van der Waals surface area contributed by atoms with Crippen LogP contribution in [0.4, 0.5) is 0 Å². The summed E-state index contributed by atoms with van der Waals surface area (Å²) in [5.74, 6) is 3.27. The molecule has 0 amide bonds. The number of quaternary nitrogens is 1. The molecule has 6 nitrogen and oxygen atoms in total. The number of hydrogen-bond donors (Lipinski definition) is 0. The van der Waals surface area contributed by atoms with E-state index in [1.165, 1.54) is 0 Å². The second-order valence-electron chi connectivity index (χ2n) is 15.0. The van der Waals surface area contributed by atoms with Gasteiger partial charge in [-0.1, -0.05) is 121 Å². The summed E-state index contributed by atoms with van der Waals surface area (Å²) in [5.41, 5.74) is 4.13. The zero-order valence-electron chi connectivity index (χ0n) is 32.0. The molecule has 1 heterocycles. The highest BCUT2D eigenvalue weighted by molar-refractivity contribution is 6.11. The first-order valence-electron chi connectivity index (χ1n) is 19.5. The van der Waals surface area contributed by atoms with E-state index in [4.69, 9.17) is 23.7 Å². The molecule has 1 aliphatic heterocycles. The quantitative estimate of drug-likeness (QED) is 0.145. The summed E-state index contributed by atoms with van der Waals surface area (Å²) in [6, 6.07) is 50.9. The van der Waals surface area contributed by atoms with Gasteiger partial charge in [0.2, 0.25) is 0 Å². The molecule has 280 valence electrons. The molecule has 8 aromatic rings. The molecule has 0 atom stereocenters. The molecule has 56 heavy (non-hydrogen) atoms. The largest absolute Gasteiger partial charge is 0.491 e. The third-order valence-electron chi connectivity index (χ3n) is 10.9.